The molecule has 0 spiro atoms. The molecule has 5 heteroatoms. The van der Waals surface area contributed by atoms with Crippen molar-refractivity contribution in [2.24, 2.45) is 0 Å². The summed E-state index contributed by atoms with van der Waals surface area (Å²) >= 11 is 1.29. The number of alkyl halides is 1. The molecule has 0 amide bonds. The van der Waals surface area contributed by atoms with Crippen molar-refractivity contribution in [3.8, 4) is 0 Å². The molecule has 0 aliphatic heterocycles. The van der Waals surface area contributed by atoms with E-state index in [-0.39, 0.29) is 5.92 Å². The second-order valence-electron chi connectivity index (χ2n) is 2.68. The summed E-state index contributed by atoms with van der Waals surface area (Å²) in [7, 11) is 0. The van der Waals surface area contributed by atoms with Crippen LogP contribution in [0.4, 0.5) is 9.52 Å². The lowest BCUT2D eigenvalue weighted by atomic mass is 9.84. The average molecular weight is 173 g/mol. The van der Waals surface area contributed by atoms with E-state index in [0.29, 0.717) is 11.6 Å². The first-order valence-electron chi connectivity index (χ1n) is 3.50. The van der Waals surface area contributed by atoms with Crippen LogP contribution < -0.4 is 5.73 Å². The van der Waals surface area contributed by atoms with Gasteiger partial charge < -0.3 is 5.73 Å². The van der Waals surface area contributed by atoms with Crippen molar-refractivity contribution < 1.29 is 4.39 Å². The van der Waals surface area contributed by atoms with Crippen LogP contribution >= 0.6 is 11.3 Å². The lowest BCUT2D eigenvalue weighted by Crippen LogP contribution is -2.24. The molecule has 1 aromatic heterocycles. The molecule has 1 aliphatic rings. The van der Waals surface area contributed by atoms with E-state index in [4.69, 9.17) is 5.73 Å². The van der Waals surface area contributed by atoms with Gasteiger partial charge in [-0.15, -0.1) is 10.2 Å². The van der Waals surface area contributed by atoms with Crippen molar-refractivity contribution in [3.05, 3.63) is 5.01 Å². The van der Waals surface area contributed by atoms with Crippen molar-refractivity contribution >= 4 is 16.5 Å². The van der Waals surface area contributed by atoms with E-state index in [0.717, 1.165) is 11.4 Å². The molecule has 0 saturated heterocycles. The van der Waals surface area contributed by atoms with Gasteiger partial charge in [-0.3, -0.25) is 0 Å². The Bertz CT molecular complexity index is 262. The van der Waals surface area contributed by atoms with Crippen LogP contribution in [0.1, 0.15) is 23.8 Å². The highest BCUT2D eigenvalue weighted by molar-refractivity contribution is 7.15. The fraction of sp³-hybridized carbons (Fsp3) is 0.667. The van der Waals surface area contributed by atoms with Crippen LogP contribution in [0.2, 0.25) is 0 Å². The number of hydrogen-bond donors (Lipinski definition) is 1. The van der Waals surface area contributed by atoms with Gasteiger partial charge in [0.2, 0.25) is 5.13 Å². The Morgan fingerprint density at radius 2 is 2.27 bits per heavy atom. The topological polar surface area (TPSA) is 51.8 Å². The molecule has 11 heavy (non-hydrogen) atoms. The standard InChI is InChI=1S/C6H8FN3S/c7-4-2-1-3(4)5-9-10-6(8)11-5/h3-4H,1-2H2,(H2,8,10). The van der Waals surface area contributed by atoms with Crippen LogP contribution in [0.25, 0.3) is 0 Å². The molecule has 0 aromatic carbocycles. The third kappa shape index (κ3) is 1.09. The maximum Gasteiger partial charge on any atom is 0.203 e. The van der Waals surface area contributed by atoms with Gasteiger partial charge in [0.15, 0.2) is 0 Å². The fourth-order valence-electron chi connectivity index (χ4n) is 1.13. The molecule has 0 bridgehead atoms. The zero-order valence-corrected chi connectivity index (χ0v) is 6.64. The normalized spacial score (nSPS) is 29.9. The SMILES string of the molecule is Nc1nnc(C2CCC2F)s1. The lowest BCUT2D eigenvalue weighted by Gasteiger charge is -2.27. The van der Waals surface area contributed by atoms with Crippen molar-refractivity contribution in [2.75, 3.05) is 5.73 Å². The minimum atomic E-state index is -0.720. The first-order chi connectivity index (χ1) is 5.27. The highest BCUT2D eigenvalue weighted by Gasteiger charge is 2.34. The summed E-state index contributed by atoms with van der Waals surface area (Å²) in [5.74, 6) is -0.0233. The summed E-state index contributed by atoms with van der Waals surface area (Å²) in [6.07, 6.45) is 0.822. The van der Waals surface area contributed by atoms with Crippen LogP contribution in [-0.2, 0) is 0 Å². The molecule has 1 saturated carbocycles. The van der Waals surface area contributed by atoms with Crippen LogP contribution in [-0.4, -0.2) is 16.4 Å². The molecule has 1 heterocycles. The van der Waals surface area contributed by atoms with Gasteiger partial charge in [0.05, 0.1) is 0 Å². The maximum atomic E-state index is 12.8. The zero-order chi connectivity index (χ0) is 7.84. The predicted octanol–water partition coefficient (Wildman–Crippen LogP) is 1.34. The summed E-state index contributed by atoms with van der Waals surface area (Å²) in [5, 5.41) is 8.61. The average Bonchev–Trinajstić information content (AvgIpc) is 2.33. The highest BCUT2D eigenvalue weighted by Crippen LogP contribution is 2.40. The van der Waals surface area contributed by atoms with Crippen molar-refractivity contribution in [2.45, 2.75) is 24.9 Å². The first kappa shape index (κ1) is 6.97. The molecule has 2 rings (SSSR count). The lowest BCUT2D eigenvalue weighted by molar-refractivity contribution is 0.169. The number of aromatic nitrogens is 2. The zero-order valence-electron chi connectivity index (χ0n) is 5.83. The number of halogens is 1. The Morgan fingerprint density at radius 3 is 2.64 bits per heavy atom. The van der Waals surface area contributed by atoms with E-state index >= 15 is 0 Å². The summed E-state index contributed by atoms with van der Waals surface area (Å²) < 4.78 is 12.8. The molecule has 1 aliphatic carbocycles. The maximum absolute atomic E-state index is 12.8. The predicted molar refractivity (Wildman–Crippen MR) is 41.2 cm³/mol. The second-order valence-corrected chi connectivity index (χ2v) is 3.72. The summed E-state index contributed by atoms with van der Waals surface area (Å²) in [6, 6.07) is 0. The molecule has 2 atom stereocenters. The Labute approximate surface area is 67.4 Å². The van der Waals surface area contributed by atoms with Crippen molar-refractivity contribution in [1.29, 1.82) is 0 Å². The van der Waals surface area contributed by atoms with Gasteiger partial charge in [0.25, 0.3) is 0 Å². The summed E-state index contributed by atoms with van der Waals surface area (Å²) in [5.41, 5.74) is 5.36. The number of rotatable bonds is 1. The molecule has 60 valence electrons. The number of nitrogens with zero attached hydrogens (tertiary/aromatic N) is 2. The van der Waals surface area contributed by atoms with E-state index in [1.54, 1.807) is 0 Å². The number of hydrogen-bond acceptors (Lipinski definition) is 4. The molecule has 0 radical (unpaired) electrons. The van der Waals surface area contributed by atoms with E-state index in [9.17, 15) is 4.39 Å². The van der Waals surface area contributed by atoms with Gasteiger partial charge in [0, 0.05) is 5.92 Å². The van der Waals surface area contributed by atoms with Crippen LogP contribution in [0.3, 0.4) is 0 Å². The number of anilines is 1. The van der Waals surface area contributed by atoms with Gasteiger partial charge in [-0.05, 0) is 12.8 Å². The molecule has 2 unspecified atom stereocenters. The van der Waals surface area contributed by atoms with Gasteiger partial charge >= 0.3 is 0 Å². The van der Waals surface area contributed by atoms with Gasteiger partial charge in [0.1, 0.15) is 11.2 Å². The molecular formula is C6H8FN3S. The van der Waals surface area contributed by atoms with Crippen LogP contribution in [0.5, 0.6) is 0 Å². The summed E-state index contributed by atoms with van der Waals surface area (Å²) in [6.45, 7) is 0. The largest absolute Gasteiger partial charge is 0.374 e. The third-order valence-corrected chi connectivity index (χ3v) is 2.85. The number of nitrogens with two attached hydrogens (primary N) is 1. The smallest absolute Gasteiger partial charge is 0.203 e. The van der Waals surface area contributed by atoms with Gasteiger partial charge in [-0.2, -0.15) is 0 Å². The Morgan fingerprint density at radius 1 is 1.45 bits per heavy atom. The van der Waals surface area contributed by atoms with Gasteiger partial charge in [-0.25, -0.2) is 4.39 Å². The monoisotopic (exact) mass is 173 g/mol. The Kier molecular flexibility index (Phi) is 1.52. The van der Waals surface area contributed by atoms with Crippen molar-refractivity contribution in [3.63, 3.8) is 0 Å². The summed E-state index contributed by atoms with van der Waals surface area (Å²) in [4.78, 5) is 0. The van der Waals surface area contributed by atoms with Crippen molar-refractivity contribution in [1.82, 2.24) is 10.2 Å². The van der Waals surface area contributed by atoms with Crippen LogP contribution in [0, 0.1) is 0 Å². The Hall–Kier alpha value is -0.710. The molecule has 2 N–H and O–H groups in total. The quantitative estimate of drug-likeness (QED) is 0.697. The minimum Gasteiger partial charge on any atom is -0.374 e. The highest BCUT2D eigenvalue weighted by atomic mass is 32.1. The van der Waals surface area contributed by atoms with E-state index in [1.807, 2.05) is 0 Å². The van der Waals surface area contributed by atoms with Crippen LogP contribution in [0.15, 0.2) is 0 Å². The van der Waals surface area contributed by atoms with E-state index in [1.165, 1.54) is 11.3 Å². The second kappa shape index (κ2) is 2.41. The molecular weight excluding hydrogens is 165 g/mol. The number of nitrogen functional groups attached to an aromatic ring is 1. The molecule has 3 nitrogen and oxygen atoms in total. The molecule has 1 fully saturated rings. The third-order valence-electron chi connectivity index (χ3n) is 1.96. The first-order valence-corrected chi connectivity index (χ1v) is 4.32. The van der Waals surface area contributed by atoms with E-state index < -0.39 is 6.17 Å². The Balaban J connectivity index is 2.16. The van der Waals surface area contributed by atoms with E-state index in [2.05, 4.69) is 10.2 Å². The van der Waals surface area contributed by atoms with Gasteiger partial charge in [-0.1, -0.05) is 11.3 Å². The minimum absolute atomic E-state index is 0.0233. The molecule has 1 aromatic rings. The fourth-order valence-corrected chi connectivity index (χ4v) is 1.93.